The number of rotatable bonds is 3. The van der Waals surface area contributed by atoms with Crippen LogP contribution in [0.15, 0.2) is 58.0 Å². The minimum Gasteiger partial charge on any atom is -0.378 e. The average Bonchev–Trinajstić information content (AvgIpc) is 3.09. The fraction of sp³-hybridized carbons (Fsp3) is 0.222. The summed E-state index contributed by atoms with van der Waals surface area (Å²) in [5.74, 6) is 0.897. The fourth-order valence-corrected chi connectivity index (χ4v) is 3.94. The van der Waals surface area contributed by atoms with E-state index in [2.05, 4.69) is 41.9 Å². The molecule has 0 bridgehead atoms. The zero-order valence-corrected chi connectivity index (χ0v) is 17.0. The summed E-state index contributed by atoms with van der Waals surface area (Å²) >= 11 is 11.0. The monoisotopic (exact) mass is 450 g/mol. The summed E-state index contributed by atoms with van der Waals surface area (Å²) < 4.78 is 8.64. The highest BCUT2D eigenvalue weighted by atomic mass is 79.9. The van der Waals surface area contributed by atoms with Crippen molar-refractivity contribution in [1.29, 1.82) is 0 Å². The number of hydrogen-bond donors (Lipinski definition) is 0. The van der Waals surface area contributed by atoms with E-state index in [0.717, 1.165) is 34.9 Å². The topological polar surface area (TPSA) is 42.6 Å². The second-order valence-electron chi connectivity index (χ2n) is 5.74. The van der Waals surface area contributed by atoms with Crippen molar-refractivity contribution in [1.82, 2.24) is 8.94 Å². The first kappa shape index (κ1) is 17.7. The van der Waals surface area contributed by atoms with Gasteiger partial charge in [0.15, 0.2) is 0 Å². The molecule has 1 aliphatic rings. The SMILES string of the molecule is Clc1ccc(N=c2nc(N3CCOCC3)n(-c3ccc(Br)cc3)s2)cc1. The van der Waals surface area contributed by atoms with Gasteiger partial charge >= 0.3 is 0 Å². The van der Waals surface area contributed by atoms with Crippen LogP contribution in [0.4, 0.5) is 11.6 Å². The summed E-state index contributed by atoms with van der Waals surface area (Å²) in [6, 6.07) is 15.6. The number of benzene rings is 2. The molecule has 0 radical (unpaired) electrons. The standard InChI is InChI=1S/C18H16BrClN4OS/c19-13-1-7-16(8-2-13)24-18(23-9-11-25-12-10-23)22-17(26-24)21-15-5-3-14(20)4-6-15/h1-8H,9-12H2. The molecule has 0 aliphatic carbocycles. The van der Waals surface area contributed by atoms with Crippen molar-refractivity contribution in [3.63, 3.8) is 0 Å². The number of nitrogens with zero attached hydrogens (tertiary/aromatic N) is 4. The van der Waals surface area contributed by atoms with Crippen LogP contribution >= 0.6 is 39.1 Å². The molecule has 0 N–H and O–H groups in total. The van der Waals surface area contributed by atoms with Crippen LogP contribution in [-0.4, -0.2) is 35.2 Å². The molecule has 8 heteroatoms. The molecule has 134 valence electrons. The Labute approximate surface area is 168 Å². The first-order chi connectivity index (χ1) is 12.7. The van der Waals surface area contributed by atoms with Crippen LogP contribution in [0, 0.1) is 0 Å². The smallest absolute Gasteiger partial charge is 0.229 e. The van der Waals surface area contributed by atoms with Crippen LogP contribution in [0.2, 0.25) is 5.02 Å². The van der Waals surface area contributed by atoms with Gasteiger partial charge < -0.3 is 9.64 Å². The van der Waals surface area contributed by atoms with Gasteiger partial charge in [-0.1, -0.05) is 27.5 Å². The Morgan fingerprint density at radius 3 is 2.42 bits per heavy atom. The Kier molecular flexibility index (Phi) is 5.40. The Morgan fingerprint density at radius 2 is 1.73 bits per heavy atom. The molecule has 0 amide bonds. The van der Waals surface area contributed by atoms with E-state index < -0.39 is 0 Å². The zero-order valence-electron chi connectivity index (χ0n) is 13.8. The van der Waals surface area contributed by atoms with E-state index in [0.29, 0.717) is 23.0 Å². The molecule has 0 atom stereocenters. The predicted molar refractivity (Wildman–Crippen MR) is 109 cm³/mol. The molecule has 1 fully saturated rings. The molecular weight excluding hydrogens is 436 g/mol. The van der Waals surface area contributed by atoms with Gasteiger partial charge in [0.05, 0.1) is 24.6 Å². The molecule has 0 spiro atoms. The first-order valence-corrected chi connectivity index (χ1v) is 10.1. The molecule has 2 heterocycles. The summed E-state index contributed by atoms with van der Waals surface area (Å²) in [5.41, 5.74) is 1.89. The van der Waals surface area contributed by atoms with Crippen molar-refractivity contribution in [2.45, 2.75) is 0 Å². The number of ether oxygens (including phenoxy) is 1. The van der Waals surface area contributed by atoms with E-state index in [9.17, 15) is 0 Å². The highest BCUT2D eigenvalue weighted by Crippen LogP contribution is 2.23. The summed E-state index contributed by atoms with van der Waals surface area (Å²) in [6.07, 6.45) is 0. The summed E-state index contributed by atoms with van der Waals surface area (Å²) in [6.45, 7) is 3.06. The number of morpholine rings is 1. The van der Waals surface area contributed by atoms with Crippen molar-refractivity contribution in [2.75, 3.05) is 31.2 Å². The minimum absolute atomic E-state index is 0.696. The number of aromatic nitrogens is 2. The molecule has 2 aromatic carbocycles. The lowest BCUT2D eigenvalue weighted by Crippen LogP contribution is -2.37. The molecule has 1 saturated heterocycles. The van der Waals surface area contributed by atoms with Crippen molar-refractivity contribution in [3.05, 3.63) is 62.8 Å². The molecular formula is C18H16BrClN4OS. The van der Waals surface area contributed by atoms with Crippen LogP contribution in [-0.2, 0) is 4.74 Å². The minimum atomic E-state index is 0.696. The third-order valence-electron chi connectivity index (χ3n) is 3.96. The second kappa shape index (κ2) is 7.92. The van der Waals surface area contributed by atoms with Gasteiger partial charge in [0.25, 0.3) is 0 Å². The molecule has 4 rings (SSSR count). The molecule has 1 aromatic heterocycles. The van der Waals surface area contributed by atoms with Crippen LogP contribution < -0.4 is 9.70 Å². The van der Waals surface area contributed by atoms with E-state index in [1.165, 1.54) is 11.5 Å². The maximum atomic E-state index is 5.96. The number of anilines is 1. The van der Waals surface area contributed by atoms with Gasteiger partial charge in [-0.25, -0.2) is 8.95 Å². The van der Waals surface area contributed by atoms with Gasteiger partial charge in [-0.15, -0.1) is 0 Å². The van der Waals surface area contributed by atoms with Crippen molar-refractivity contribution in [2.24, 2.45) is 4.99 Å². The lowest BCUT2D eigenvalue weighted by atomic mass is 10.3. The van der Waals surface area contributed by atoms with Gasteiger partial charge in [0.1, 0.15) is 0 Å². The highest BCUT2D eigenvalue weighted by molar-refractivity contribution is 9.10. The van der Waals surface area contributed by atoms with Gasteiger partial charge in [-0.05, 0) is 60.1 Å². The normalized spacial score (nSPS) is 15.5. The second-order valence-corrected chi connectivity index (χ2v) is 8.01. The van der Waals surface area contributed by atoms with E-state index in [1.807, 2.05) is 36.4 Å². The van der Waals surface area contributed by atoms with Gasteiger partial charge in [0.2, 0.25) is 10.7 Å². The van der Waals surface area contributed by atoms with Gasteiger partial charge in [-0.2, -0.15) is 4.98 Å². The summed E-state index contributed by atoms with van der Waals surface area (Å²) in [7, 11) is 0. The fourth-order valence-electron chi connectivity index (χ4n) is 2.65. The molecule has 0 unspecified atom stereocenters. The van der Waals surface area contributed by atoms with Crippen LogP contribution in [0.5, 0.6) is 0 Å². The summed E-state index contributed by atoms with van der Waals surface area (Å²) in [4.78, 5) is 12.4. The molecule has 26 heavy (non-hydrogen) atoms. The molecule has 3 aromatic rings. The van der Waals surface area contributed by atoms with Gasteiger partial charge in [-0.3, -0.25) is 0 Å². The van der Waals surface area contributed by atoms with Crippen LogP contribution in [0.25, 0.3) is 5.69 Å². The molecule has 1 aliphatic heterocycles. The summed E-state index contributed by atoms with van der Waals surface area (Å²) in [5, 5.41) is 0.696. The van der Waals surface area contributed by atoms with E-state index in [-0.39, 0.29) is 0 Å². The maximum Gasteiger partial charge on any atom is 0.229 e. The third kappa shape index (κ3) is 4.01. The van der Waals surface area contributed by atoms with Crippen molar-refractivity contribution < 1.29 is 4.74 Å². The van der Waals surface area contributed by atoms with Crippen molar-refractivity contribution in [3.8, 4) is 5.69 Å². The van der Waals surface area contributed by atoms with Crippen LogP contribution in [0.1, 0.15) is 0 Å². The Balaban J connectivity index is 1.78. The first-order valence-electron chi connectivity index (χ1n) is 8.18. The van der Waals surface area contributed by atoms with Crippen molar-refractivity contribution >= 4 is 50.7 Å². The van der Waals surface area contributed by atoms with Gasteiger partial charge in [0, 0.05) is 22.6 Å². The highest BCUT2D eigenvalue weighted by Gasteiger charge is 2.18. The van der Waals surface area contributed by atoms with E-state index in [4.69, 9.17) is 21.3 Å². The maximum absolute atomic E-state index is 5.96. The largest absolute Gasteiger partial charge is 0.378 e. The van der Waals surface area contributed by atoms with Crippen LogP contribution in [0.3, 0.4) is 0 Å². The quantitative estimate of drug-likeness (QED) is 0.592. The van der Waals surface area contributed by atoms with E-state index >= 15 is 0 Å². The number of hydrogen-bond acceptors (Lipinski definition) is 5. The Bertz CT molecular complexity index is 947. The predicted octanol–water partition coefficient (Wildman–Crippen LogP) is 4.42. The average molecular weight is 452 g/mol. The third-order valence-corrected chi connectivity index (χ3v) is 5.64. The Morgan fingerprint density at radius 1 is 1.04 bits per heavy atom. The zero-order chi connectivity index (χ0) is 17.9. The lowest BCUT2D eigenvalue weighted by Gasteiger charge is -2.27. The van der Waals surface area contributed by atoms with E-state index in [1.54, 1.807) is 0 Å². The number of halogens is 2. The lowest BCUT2D eigenvalue weighted by molar-refractivity contribution is 0.122. The molecule has 5 nitrogen and oxygen atoms in total. The molecule has 0 saturated carbocycles. The Hall–Kier alpha value is -1.67.